The number of anilines is 1. The first kappa shape index (κ1) is 15.5. The molecule has 3 N–H and O–H groups in total. The van der Waals surface area contributed by atoms with Gasteiger partial charge in [-0.3, -0.25) is 10.4 Å². The molecule has 4 heterocycles. The predicted octanol–water partition coefficient (Wildman–Crippen LogP) is 2.69. The highest BCUT2D eigenvalue weighted by Crippen LogP contribution is 2.55. The van der Waals surface area contributed by atoms with Crippen LogP contribution in [0.3, 0.4) is 0 Å². The topological polar surface area (TPSA) is 73.4 Å². The van der Waals surface area contributed by atoms with Crippen LogP contribution in [0.2, 0.25) is 0 Å². The molecule has 1 aliphatic carbocycles. The van der Waals surface area contributed by atoms with Crippen molar-refractivity contribution in [2.45, 2.75) is 37.6 Å². The van der Waals surface area contributed by atoms with Gasteiger partial charge in [0.25, 0.3) is 0 Å². The largest absolute Gasteiger partial charge is 0.427 e. The molecule has 2 aromatic heterocycles. The monoisotopic (exact) mass is 368 g/mol. The highest BCUT2D eigenvalue weighted by atomic mass is 32.1. The molecule has 1 fully saturated rings. The maximum atomic E-state index is 14.3. The fourth-order valence-electron chi connectivity index (χ4n) is 3.90. The van der Waals surface area contributed by atoms with Crippen LogP contribution in [0.5, 0.6) is 5.75 Å². The lowest BCUT2D eigenvalue weighted by atomic mass is 9.79. The number of H-pyrrole nitrogens is 1. The SMILES string of the molecule is OC1N[C@@H](C2CCC2)CN2CC(F)(F)Oc3c(-c4cn[nH]c4)sc1c32. The summed E-state index contributed by atoms with van der Waals surface area (Å²) in [5.41, 5.74) is 1.27. The Labute approximate surface area is 146 Å². The van der Waals surface area contributed by atoms with Crippen LogP contribution in [-0.2, 0) is 0 Å². The standard InChI is InChI=1S/C16H18F2N4O2S/c17-16(18)7-22-6-10(8-2-1-3-8)21-15(23)14-11(22)12(24-16)13(25-14)9-4-19-20-5-9/h4-5,8,10,15,21,23H,1-3,6-7H2,(H,19,20)/t10-,15?/m1/s1. The minimum atomic E-state index is -3.26. The third-order valence-electron chi connectivity index (χ3n) is 5.33. The van der Waals surface area contributed by atoms with Gasteiger partial charge in [-0.2, -0.15) is 13.9 Å². The number of hydrogen-bond acceptors (Lipinski definition) is 6. The van der Waals surface area contributed by atoms with Gasteiger partial charge in [0.05, 0.1) is 21.6 Å². The first-order valence-corrected chi connectivity index (χ1v) is 9.25. The molecule has 0 amide bonds. The molecule has 25 heavy (non-hydrogen) atoms. The van der Waals surface area contributed by atoms with E-state index in [2.05, 4.69) is 15.5 Å². The number of aromatic amines is 1. The molecule has 6 nitrogen and oxygen atoms in total. The van der Waals surface area contributed by atoms with Gasteiger partial charge in [0.15, 0.2) is 5.75 Å². The van der Waals surface area contributed by atoms with Crippen molar-refractivity contribution in [2.75, 3.05) is 18.0 Å². The number of halogens is 2. The second-order valence-corrected chi connectivity index (χ2v) is 8.00. The number of alkyl halides is 2. The predicted molar refractivity (Wildman–Crippen MR) is 88.9 cm³/mol. The Morgan fingerprint density at radius 2 is 2.24 bits per heavy atom. The Kier molecular flexibility index (Phi) is 3.35. The summed E-state index contributed by atoms with van der Waals surface area (Å²) in [6.07, 6.45) is 2.38. The van der Waals surface area contributed by atoms with E-state index >= 15 is 0 Å². The number of nitrogens with zero attached hydrogens (tertiary/aromatic N) is 2. The molecule has 134 valence electrons. The van der Waals surface area contributed by atoms with Crippen LogP contribution >= 0.6 is 11.3 Å². The molecule has 5 rings (SSSR count). The first-order chi connectivity index (χ1) is 12.0. The van der Waals surface area contributed by atoms with Gasteiger partial charge in [-0.15, -0.1) is 11.3 Å². The van der Waals surface area contributed by atoms with E-state index in [1.54, 1.807) is 17.3 Å². The van der Waals surface area contributed by atoms with Gasteiger partial charge >= 0.3 is 6.11 Å². The van der Waals surface area contributed by atoms with Gasteiger partial charge in [-0.1, -0.05) is 6.42 Å². The molecule has 2 aromatic rings. The molecule has 1 saturated carbocycles. The molecule has 0 bridgehead atoms. The molecule has 9 heteroatoms. The summed E-state index contributed by atoms with van der Waals surface area (Å²) in [7, 11) is 0. The van der Waals surface area contributed by atoms with Crippen molar-refractivity contribution in [3.05, 3.63) is 17.3 Å². The van der Waals surface area contributed by atoms with Gasteiger partial charge in [-0.25, -0.2) is 0 Å². The maximum Gasteiger partial charge on any atom is 0.416 e. The van der Waals surface area contributed by atoms with Gasteiger partial charge in [-0.05, 0) is 18.8 Å². The quantitative estimate of drug-likeness (QED) is 0.760. The molecule has 2 atom stereocenters. The zero-order chi connectivity index (χ0) is 17.2. The molecular formula is C16H18F2N4O2S. The molecule has 0 radical (unpaired) electrons. The number of nitrogens with one attached hydrogen (secondary N) is 2. The van der Waals surface area contributed by atoms with Gasteiger partial charge in [0.2, 0.25) is 0 Å². The highest BCUT2D eigenvalue weighted by Gasteiger charge is 2.47. The summed E-state index contributed by atoms with van der Waals surface area (Å²) >= 11 is 1.28. The number of thiophene rings is 1. The van der Waals surface area contributed by atoms with E-state index in [4.69, 9.17) is 4.74 Å². The van der Waals surface area contributed by atoms with Crippen LogP contribution in [0.4, 0.5) is 14.5 Å². The van der Waals surface area contributed by atoms with E-state index in [1.807, 2.05) is 0 Å². The van der Waals surface area contributed by atoms with Gasteiger partial charge < -0.3 is 14.7 Å². The number of rotatable bonds is 2. The average molecular weight is 368 g/mol. The van der Waals surface area contributed by atoms with E-state index in [0.29, 0.717) is 33.5 Å². The summed E-state index contributed by atoms with van der Waals surface area (Å²) in [6.45, 7) is -0.0472. The zero-order valence-electron chi connectivity index (χ0n) is 13.3. The summed E-state index contributed by atoms with van der Waals surface area (Å²) in [5, 5.41) is 20.5. The Balaban J connectivity index is 1.62. The normalized spacial score (nSPS) is 28.0. The van der Waals surface area contributed by atoms with Crippen molar-refractivity contribution in [1.82, 2.24) is 15.5 Å². The van der Waals surface area contributed by atoms with E-state index in [-0.39, 0.29) is 11.8 Å². The Bertz CT molecular complexity index is 790. The molecular weight excluding hydrogens is 350 g/mol. The molecule has 0 spiro atoms. The van der Waals surface area contributed by atoms with Gasteiger partial charge in [0.1, 0.15) is 12.8 Å². The third kappa shape index (κ3) is 2.44. The van der Waals surface area contributed by atoms with E-state index in [0.717, 1.165) is 19.3 Å². The van der Waals surface area contributed by atoms with Crippen LogP contribution in [-0.4, -0.2) is 40.5 Å². The maximum absolute atomic E-state index is 14.3. The average Bonchev–Trinajstić information content (AvgIpc) is 3.08. The summed E-state index contributed by atoms with van der Waals surface area (Å²) in [6, 6.07) is 0.00229. The minimum absolute atomic E-state index is 0.00229. The lowest BCUT2D eigenvalue weighted by molar-refractivity contribution is -0.171. The van der Waals surface area contributed by atoms with Crippen molar-refractivity contribution < 1.29 is 18.6 Å². The third-order valence-corrected chi connectivity index (χ3v) is 6.59. The number of ether oxygens (including phenoxy) is 1. The van der Waals surface area contributed by atoms with E-state index < -0.39 is 18.9 Å². The Hall–Kier alpha value is -1.71. The summed E-state index contributed by atoms with van der Waals surface area (Å²) in [5.74, 6) is 0.574. The van der Waals surface area contributed by atoms with Crippen LogP contribution in [0.25, 0.3) is 10.4 Å². The van der Waals surface area contributed by atoms with E-state index in [9.17, 15) is 13.9 Å². The number of hydrogen-bond donors (Lipinski definition) is 3. The van der Waals surface area contributed by atoms with Crippen molar-refractivity contribution in [1.29, 1.82) is 0 Å². The number of aliphatic hydroxyl groups is 1. The number of aromatic nitrogens is 2. The van der Waals surface area contributed by atoms with Crippen molar-refractivity contribution in [2.24, 2.45) is 5.92 Å². The number of aliphatic hydroxyl groups excluding tert-OH is 1. The van der Waals surface area contributed by atoms with Crippen molar-refractivity contribution in [3.63, 3.8) is 0 Å². The van der Waals surface area contributed by atoms with Crippen LogP contribution in [0.15, 0.2) is 12.4 Å². The van der Waals surface area contributed by atoms with Crippen LogP contribution in [0, 0.1) is 5.92 Å². The fourth-order valence-corrected chi connectivity index (χ4v) is 5.08. The van der Waals surface area contributed by atoms with Crippen molar-refractivity contribution >= 4 is 17.0 Å². The van der Waals surface area contributed by atoms with Crippen molar-refractivity contribution in [3.8, 4) is 16.2 Å². The zero-order valence-corrected chi connectivity index (χ0v) is 14.2. The second kappa shape index (κ2) is 5.39. The van der Waals surface area contributed by atoms with Crippen LogP contribution in [0.1, 0.15) is 30.4 Å². The van der Waals surface area contributed by atoms with Gasteiger partial charge in [0, 0.05) is 24.3 Å². The summed E-state index contributed by atoms with van der Waals surface area (Å²) < 4.78 is 33.6. The molecule has 0 aromatic carbocycles. The second-order valence-electron chi connectivity index (χ2n) is 6.95. The molecule has 1 unspecified atom stereocenters. The Morgan fingerprint density at radius 1 is 1.40 bits per heavy atom. The first-order valence-electron chi connectivity index (χ1n) is 8.43. The summed E-state index contributed by atoms with van der Waals surface area (Å²) in [4.78, 5) is 2.87. The minimum Gasteiger partial charge on any atom is -0.427 e. The molecule has 0 saturated heterocycles. The van der Waals surface area contributed by atoms with E-state index in [1.165, 1.54) is 11.3 Å². The lowest BCUT2D eigenvalue weighted by Crippen LogP contribution is -2.51. The Morgan fingerprint density at radius 3 is 2.92 bits per heavy atom. The lowest BCUT2D eigenvalue weighted by Gasteiger charge is -2.39. The fraction of sp³-hybridized carbons (Fsp3) is 0.562. The van der Waals surface area contributed by atoms with Crippen LogP contribution < -0.4 is 15.0 Å². The molecule has 3 aliphatic rings. The molecule has 2 aliphatic heterocycles. The smallest absolute Gasteiger partial charge is 0.416 e. The highest BCUT2D eigenvalue weighted by molar-refractivity contribution is 7.16.